The molecule has 0 amide bonds. The molecule has 0 bridgehead atoms. The van der Waals surface area contributed by atoms with Crippen molar-refractivity contribution in [2.24, 2.45) is 5.14 Å². The molecule has 9 nitrogen and oxygen atoms in total. The number of rotatable bonds is 9. The number of hydrogen-bond donors (Lipinski definition) is 3. The Labute approximate surface area is 198 Å². The molecule has 1 aliphatic rings. The van der Waals surface area contributed by atoms with Crippen molar-refractivity contribution in [1.29, 1.82) is 0 Å². The van der Waals surface area contributed by atoms with E-state index in [9.17, 15) is 8.42 Å². The van der Waals surface area contributed by atoms with Crippen LogP contribution in [-0.2, 0) is 16.4 Å². The molecule has 0 radical (unpaired) electrons. The van der Waals surface area contributed by atoms with Crippen molar-refractivity contribution in [3.8, 4) is 22.9 Å². The Hall–Kier alpha value is -3.15. The average Bonchev–Trinajstić information content (AvgIpc) is 2.82. The minimum atomic E-state index is -3.60. The Balaban J connectivity index is 1.53. The topological polar surface area (TPSA) is 132 Å². The zero-order valence-electron chi connectivity index (χ0n) is 18.6. The summed E-state index contributed by atoms with van der Waals surface area (Å²) in [6, 6.07) is 10.3. The number of anilines is 1. The number of pyridine rings is 1. The summed E-state index contributed by atoms with van der Waals surface area (Å²) in [5.74, 6) is -0.0867. The van der Waals surface area contributed by atoms with Gasteiger partial charge >= 0.3 is 0 Å². The molecule has 1 aromatic carbocycles. The molecule has 1 fully saturated rings. The van der Waals surface area contributed by atoms with Crippen molar-refractivity contribution < 1.29 is 17.5 Å². The summed E-state index contributed by atoms with van der Waals surface area (Å²) in [5.41, 5.74) is 1.52. The molecule has 1 saturated heterocycles. The Morgan fingerprint density at radius 1 is 1.18 bits per heavy atom. The summed E-state index contributed by atoms with van der Waals surface area (Å²) in [4.78, 5) is 13.2. The van der Waals surface area contributed by atoms with E-state index in [-0.39, 0.29) is 36.3 Å². The van der Waals surface area contributed by atoms with E-state index in [1.54, 1.807) is 42.7 Å². The van der Waals surface area contributed by atoms with Crippen LogP contribution in [0.3, 0.4) is 0 Å². The van der Waals surface area contributed by atoms with Crippen molar-refractivity contribution in [3.63, 3.8) is 0 Å². The predicted molar refractivity (Wildman–Crippen MR) is 128 cm³/mol. The molecule has 1 unspecified atom stereocenters. The van der Waals surface area contributed by atoms with Gasteiger partial charge in [0.25, 0.3) is 0 Å². The number of primary sulfonamides is 1. The van der Waals surface area contributed by atoms with Crippen LogP contribution in [-0.4, -0.2) is 48.3 Å². The number of nitrogens with two attached hydrogens (primary N) is 1. The van der Waals surface area contributed by atoms with Gasteiger partial charge in [-0.2, -0.15) is 0 Å². The average molecular weight is 487 g/mol. The third-order valence-corrected chi connectivity index (χ3v) is 6.32. The maximum Gasteiger partial charge on any atom is 0.228 e. The molecule has 11 heteroatoms. The van der Waals surface area contributed by atoms with E-state index >= 15 is 4.39 Å². The van der Waals surface area contributed by atoms with Gasteiger partial charge in [-0.15, -0.1) is 0 Å². The molecule has 1 atom stereocenters. The fraction of sp³-hybridized carbons (Fsp3) is 0.348. The molecular formula is C23H27FN6O3S. The highest BCUT2D eigenvalue weighted by Gasteiger charge is 2.17. The fourth-order valence-electron chi connectivity index (χ4n) is 3.80. The van der Waals surface area contributed by atoms with E-state index in [0.717, 1.165) is 25.9 Å². The van der Waals surface area contributed by atoms with E-state index in [0.29, 0.717) is 22.8 Å². The molecule has 3 heterocycles. The summed E-state index contributed by atoms with van der Waals surface area (Å²) in [5, 5.41) is 11.7. The standard InChI is InChI=1S/C23H27FN6O3S/c24-21-16(6-4-14-34(25,31)32)5-1-9-20(21)33-22-18(8-3-12-27-22)19-10-13-28-23(30-19)29-17-7-2-11-26-15-17/h1,3,5,8-10,12-13,17,26H,2,4,6-7,11,14-15H2,(H2,25,31,32)(H,28,29,30). The Bertz CT molecular complexity index is 1230. The van der Waals surface area contributed by atoms with Crippen LogP contribution >= 0.6 is 0 Å². The van der Waals surface area contributed by atoms with Crippen LogP contribution < -0.4 is 20.5 Å². The van der Waals surface area contributed by atoms with Crippen LogP contribution in [0.2, 0.25) is 0 Å². The summed E-state index contributed by atoms with van der Waals surface area (Å²) in [7, 11) is -3.60. The van der Waals surface area contributed by atoms with Crippen LogP contribution in [0.4, 0.5) is 10.3 Å². The Morgan fingerprint density at radius 3 is 2.85 bits per heavy atom. The highest BCUT2D eigenvalue weighted by Crippen LogP contribution is 2.32. The lowest BCUT2D eigenvalue weighted by atomic mass is 10.1. The highest BCUT2D eigenvalue weighted by atomic mass is 32.2. The number of hydrogen-bond acceptors (Lipinski definition) is 8. The van der Waals surface area contributed by atoms with Crippen molar-refractivity contribution in [3.05, 3.63) is 60.2 Å². The Kier molecular flexibility index (Phi) is 7.66. The largest absolute Gasteiger partial charge is 0.435 e. The normalized spacial score (nSPS) is 16.2. The van der Waals surface area contributed by atoms with Gasteiger partial charge in [0, 0.05) is 25.0 Å². The number of piperidine rings is 1. The summed E-state index contributed by atoms with van der Waals surface area (Å²) >= 11 is 0. The minimum absolute atomic E-state index is 0.00580. The summed E-state index contributed by atoms with van der Waals surface area (Å²) in [6.45, 7) is 1.86. The second-order valence-corrected chi connectivity index (χ2v) is 9.85. The molecule has 34 heavy (non-hydrogen) atoms. The smallest absolute Gasteiger partial charge is 0.228 e. The van der Waals surface area contributed by atoms with Crippen LogP contribution in [0.15, 0.2) is 48.8 Å². The quantitative estimate of drug-likeness (QED) is 0.421. The van der Waals surface area contributed by atoms with Crippen LogP contribution in [0.5, 0.6) is 11.6 Å². The molecular weight excluding hydrogens is 459 g/mol. The van der Waals surface area contributed by atoms with Gasteiger partial charge in [0.1, 0.15) is 0 Å². The van der Waals surface area contributed by atoms with E-state index in [4.69, 9.17) is 9.88 Å². The first-order valence-electron chi connectivity index (χ1n) is 11.1. The zero-order valence-corrected chi connectivity index (χ0v) is 19.4. The molecule has 2 aromatic heterocycles. The van der Waals surface area contributed by atoms with E-state index in [2.05, 4.69) is 25.6 Å². The lowest BCUT2D eigenvalue weighted by Gasteiger charge is -2.23. The van der Waals surface area contributed by atoms with Crippen LogP contribution in [0.1, 0.15) is 24.8 Å². The van der Waals surface area contributed by atoms with Crippen molar-refractivity contribution in [2.45, 2.75) is 31.7 Å². The van der Waals surface area contributed by atoms with E-state index < -0.39 is 15.8 Å². The fourth-order valence-corrected chi connectivity index (χ4v) is 4.35. The minimum Gasteiger partial charge on any atom is -0.435 e. The van der Waals surface area contributed by atoms with E-state index in [1.807, 2.05) is 0 Å². The molecule has 4 rings (SSSR count). The molecule has 1 aliphatic heterocycles. The van der Waals surface area contributed by atoms with Gasteiger partial charge in [-0.3, -0.25) is 0 Å². The van der Waals surface area contributed by atoms with Crippen molar-refractivity contribution in [2.75, 3.05) is 24.2 Å². The van der Waals surface area contributed by atoms with Gasteiger partial charge < -0.3 is 15.4 Å². The monoisotopic (exact) mass is 486 g/mol. The van der Waals surface area contributed by atoms with Gasteiger partial charge in [0.15, 0.2) is 11.6 Å². The summed E-state index contributed by atoms with van der Waals surface area (Å²) < 4.78 is 43.2. The van der Waals surface area contributed by atoms with Crippen molar-refractivity contribution >= 4 is 16.0 Å². The third kappa shape index (κ3) is 6.46. The lowest BCUT2D eigenvalue weighted by Crippen LogP contribution is -2.38. The number of halogens is 1. The third-order valence-electron chi connectivity index (χ3n) is 5.46. The number of nitrogens with zero attached hydrogens (tertiary/aromatic N) is 3. The van der Waals surface area contributed by atoms with E-state index in [1.165, 1.54) is 6.07 Å². The maximum atomic E-state index is 15.1. The van der Waals surface area contributed by atoms with Crippen molar-refractivity contribution in [1.82, 2.24) is 20.3 Å². The number of aromatic nitrogens is 3. The lowest BCUT2D eigenvalue weighted by molar-refractivity contribution is 0.425. The number of nitrogens with one attached hydrogen (secondary N) is 2. The first-order valence-corrected chi connectivity index (χ1v) is 12.8. The maximum absolute atomic E-state index is 15.1. The first-order chi connectivity index (χ1) is 16.4. The highest BCUT2D eigenvalue weighted by molar-refractivity contribution is 7.89. The molecule has 0 spiro atoms. The van der Waals surface area contributed by atoms with Crippen LogP contribution in [0.25, 0.3) is 11.3 Å². The second kappa shape index (κ2) is 10.9. The molecule has 3 aromatic rings. The number of ether oxygens (including phenoxy) is 1. The van der Waals surface area contributed by atoms with Gasteiger partial charge in [-0.25, -0.2) is 32.9 Å². The zero-order chi connectivity index (χ0) is 24.0. The van der Waals surface area contributed by atoms with Crippen LogP contribution in [0, 0.1) is 5.82 Å². The predicted octanol–water partition coefficient (Wildman–Crippen LogP) is 2.86. The van der Waals surface area contributed by atoms with Gasteiger partial charge in [0.2, 0.25) is 21.9 Å². The first kappa shape index (κ1) is 24.0. The second-order valence-electron chi connectivity index (χ2n) is 8.11. The molecule has 180 valence electrons. The molecule has 0 aliphatic carbocycles. The number of sulfonamides is 1. The van der Waals surface area contributed by atoms with Gasteiger partial charge in [-0.05, 0) is 62.1 Å². The molecule has 0 saturated carbocycles. The molecule has 4 N–H and O–H groups in total. The number of benzene rings is 1. The Morgan fingerprint density at radius 2 is 2.06 bits per heavy atom. The van der Waals surface area contributed by atoms with Gasteiger partial charge in [0.05, 0.1) is 17.0 Å². The summed E-state index contributed by atoms with van der Waals surface area (Å²) in [6.07, 6.45) is 5.76. The number of aryl methyl sites for hydroxylation is 1. The SMILES string of the molecule is NS(=O)(=O)CCCc1cccc(Oc2ncccc2-c2ccnc(NC3CCCNC3)n2)c1F. The van der Waals surface area contributed by atoms with Gasteiger partial charge in [-0.1, -0.05) is 12.1 Å².